The summed E-state index contributed by atoms with van der Waals surface area (Å²) in [7, 11) is 0. The summed E-state index contributed by atoms with van der Waals surface area (Å²) in [5.41, 5.74) is 1.04. The second-order valence-corrected chi connectivity index (χ2v) is 5.68. The smallest absolute Gasteiger partial charge is 0.372 e. The molecule has 0 saturated heterocycles. The highest BCUT2D eigenvalue weighted by Crippen LogP contribution is 2.28. The molecule has 3 aromatic rings. The molecule has 0 unspecified atom stereocenters. The minimum atomic E-state index is -0.466. The van der Waals surface area contributed by atoms with Gasteiger partial charge < -0.3 is 20.5 Å². The van der Waals surface area contributed by atoms with E-state index in [1.54, 1.807) is 11.6 Å². The van der Waals surface area contributed by atoms with Gasteiger partial charge in [-0.1, -0.05) is 41.7 Å². The van der Waals surface area contributed by atoms with Gasteiger partial charge in [0.25, 0.3) is 4.96 Å². The van der Waals surface area contributed by atoms with Crippen LogP contribution in [0.25, 0.3) is 4.96 Å². The number of benzene rings is 1. The van der Waals surface area contributed by atoms with E-state index in [1.807, 2.05) is 30.3 Å². The molecule has 22 heavy (non-hydrogen) atoms. The van der Waals surface area contributed by atoms with Crippen molar-refractivity contribution in [3.8, 4) is 0 Å². The van der Waals surface area contributed by atoms with E-state index in [0.717, 1.165) is 5.56 Å². The molecule has 3 rings (SSSR count). The van der Waals surface area contributed by atoms with Gasteiger partial charge >= 0.3 is 5.82 Å². The van der Waals surface area contributed by atoms with Crippen molar-refractivity contribution in [2.75, 3.05) is 11.9 Å². The fourth-order valence-electron chi connectivity index (χ4n) is 2.30. The minimum Gasteiger partial charge on any atom is -0.394 e. The number of rotatable bonds is 6. The summed E-state index contributed by atoms with van der Waals surface area (Å²) >= 11 is 1.32. The quantitative estimate of drug-likeness (QED) is 0.537. The Labute approximate surface area is 130 Å². The van der Waals surface area contributed by atoms with Crippen LogP contribution in [0.4, 0.5) is 11.6 Å². The van der Waals surface area contributed by atoms with Gasteiger partial charge in [-0.25, -0.2) is 0 Å². The van der Waals surface area contributed by atoms with E-state index in [4.69, 9.17) is 0 Å². The summed E-state index contributed by atoms with van der Waals surface area (Å²) in [6.07, 6.45) is 2.17. The SMILES string of the molecule is O=[N+]([O-])c1c(N[C@@H](CO)Cc2ccccc2)nc2sccn12. The average molecular weight is 318 g/mol. The lowest BCUT2D eigenvalue weighted by Crippen LogP contribution is -2.27. The number of aliphatic hydroxyl groups is 1. The van der Waals surface area contributed by atoms with Crippen molar-refractivity contribution in [3.63, 3.8) is 0 Å². The molecule has 0 fully saturated rings. The standard InChI is InChI=1S/C14H14N4O3S/c19-9-11(8-10-4-2-1-3-5-10)15-12-13(18(20)21)17-6-7-22-14(17)16-12/h1-7,11,15,19H,8-9H2/t11-/m1/s1. The van der Waals surface area contributed by atoms with Crippen LogP contribution in [0.5, 0.6) is 0 Å². The Morgan fingerprint density at radius 3 is 2.86 bits per heavy atom. The topological polar surface area (TPSA) is 92.7 Å². The van der Waals surface area contributed by atoms with Gasteiger partial charge in [-0.05, 0) is 16.9 Å². The number of aromatic nitrogens is 2. The number of fused-ring (bicyclic) bond motifs is 1. The second kappa shape index (κ2) is 6.12. The molecule has 2 N–H and O–H groups in total. The Balaban J connectivity index is 1.86. The zero-order chi connectivity index (χ0) is 15.5. The summed E-state index contributed by atoms with van der Waals surface area (Å²) < 4.78 is 1.43. The number of hydrogen-bond acceptors (Lipinski definition) is 6. The van der Waals surface area contributed by atoms with E-state index in [9.17, 15) is 15.2 Å². The Bertz CT molecular complexity index is 784. The molecule has 0 spiro atoms. The molecule has 1 atom stereocenters. The summed E-state index contributed by atoms with van der Waals surface area (Å²) in [5, 5.41) is 25.5. The molecule has 1 aromatic carbocycles. The van der Waals surface area contributed by atoms with Crippen LogP contribution >= 0.6 is 11.3 Å². The van der Waals surface area contributed by atoms with Crippen molar-refractivity contribution >= 4 is 27.9 Å². The van der Waals surface area contributed by atoms with E-state index in [2.05, 4.69) is 10.3 Å². The van der Waals surface area contributed by atoms with Gasteiger partial charge in [-0.15, -0.1) is 0 Å². The molecule has 0 aliphatic rings. The largest absolute Gasteiger partial charge is 0.394 e. The molecule has 7 nitrogen and oxygen atoms in total. The highest BCUT2D eigenvalue weighted by Gasteiger charge is 2.25. The van der Waals surface area contributed by atoms with Gasteiger partial charge in [0.15, 0.2) is 0 Å². The van der Waals surface area contributed by atoms with E-state index >= 15 is 0 Å². The van der Waals surface area contributed by atoms with Crippen LogP contribution in [0.1, 0.15) is 5.56 Å². The zero-order valence-electron chi connectivity index (χ0n) is 11.5. The first kappa shape index (κ1) is 14.5. The third-order valence-corrected chi connectivity index (χ3v) is 4.05. The van der Waals surface area contributed by atoms with Crippen LogP contribution < -0.4 is 5.32 Å². The molecule has 0 radical (unpaired) electrons. The number of hydrogen-bond donors (Lipinski definition) is 2. The van der Waals surface area contributed by atoms with Crippen molar-refractivity contribution in [1.29, 1.82) is 0 Å². The summed E-state index contributed by atoms with van der Waals surface area (Å²) in [6.45, 7) is -0.142. The summed E-state index contributed by atoms with van der Waals surface area (Å²) in [4.78, 5) is 15.6. The Kier molecular flexibility index (Phi) is 4.03. The second-order valence-electron chi connectivity index (χ2n) is 4.81. The van der Waals surface area contributed by atoms with Gasteiger partial charge in [-0.3, -0.25) is 0 Å². The van der Waals surface area contributed by atoms with Crippen molar-refractivity contribution in [3.05, 3.63) is 57.6 Å². The highest BCUT2D eigenvalue weighted by molar-refractivity contribution is 7.15. The van der Waals surface area contributed by atoms with Crippen LogP contribution in [-0.4, -0.2) is 32.1 Å². The van der Waals surface area contributed by atoms with Crippen LogP contribution in [0.15, 0.2) is 41.9 Å². The molecule has 0 aliphatic heterocycles. The third-order valence-electron chi connectivity index (χ3n) is 3.30. The number of anilines is 1. The number of nitro groups is 1. The lowest BCUT2D eigenvalue weighted by molar-refractivity contribution is -0.389. The number of thiazole rings is 1. The van der Waals surface area contributed by atoms with Crippen molar-refractivity contribution < 1.29 is 10.0 Å². The van der Waals surface area contributed by atoms with Crippen molar-refractivity contribution in [1.82, 2.24) is 9.38 Å². The number of nitrogens with one attached hydrogen (secondary N) is 1. The van der Waals surface area contributed by atoms with Crippen molar-refractivity contribution in [2.45, 2.75) is 12.5 Å². The molecular weight excluding hydrogens is 304 g/mol. The van der Waals surface area contributed by atoms with Crippen LogP contribution in [-0.2, 0) is 6.42 Å². The predicted octanol–water partition coefficient (Wildman–Crippen LogP) is 2.32. The lowest BCUT2D eigenvalue weighted by atomic mass is 10.1. The van der Waals surface area contributed by atoms with E-state index in [0.29, 0.717) is 11.4 Å². The summed E-state index contributed by atoms with van der Waals surface area (Å²) in [5.74, 6) is 0.0783. The van der Waals surface area contributed by atoms with Crippen LogP contribution in [0.2, 0.25) is 0 Å². The molecule has 0 aliphatic carbocycles. The number of imidazole rings is 1. The van der Waals surface area contributed by atoms with Gasteiger partial charge in [0, 0.05) is 5.38 Å². The molecule has 0 amide bonds. The Morgan fingerprint density at radius 2 is 2.18 bits per heavy atom. The molecule has 0 bridgehead atoms. The monoisotopic (exact) mass is 318 g/mol. The van der Waals surface area contributed by atoms with E-state index in [-0.39, 0.29) is 24.3 Å². The van der Waals surface area contributed by atoms with Crippen LogP contribution in [0.3, 0.4) is 0 Å². The first-order valence-electron chi connectivity index (χ1n) is 6.70. The average Bonchev–Trinajstić information content (AvgIpc) is 3.07. The molecule has 0 saturated carbocycles. The first-order chi connectivity index (χ1) is 10.7. The van der Waals surface area contributed by atoms with Gasteiger partial charge in [-0.2, -0.15) is 9.38 Å². The van der Waals surface area contributed by atoms with E-state index < -0.39 is 4.92 Å². The zero-order valence-corrected chi connectivity index (χ0v) is 12.4. The number of nitrogens with zero attached hydrogens (tertiary/aromatic N) is 3. The number of aliphatic hydroxyl groups excluding tert-OH is 1. The maximum Gasteiger partial charge on any atom is 0.372 e. The van der Waals surface area contributed by atoms with E-state index in [1.165, 1.54) is 15.7 Å². The fourth-order valence-corrected chi connectivity index (χ4v) is 3.01. The normalized spacial score (nSPS) is 12.4. The maximum atomic E-state index is 11.3. The van der Waals surface area contributed by atoms with Crippen LogP contribution in [0, 0.1) is 10.1 Å². The molecule has 2 aromatic heterocycles. The van der Waals surface area contributed by atoms with Gasteiger partial charge in [0.05, 0.1) is 12.6 Å². The first-order valence-corrected chi connectivity index (χ1v) is 7.58. The molecule has 114 valence electrons. The van der Waals surface area contributed by atoms with Gasteiger partial charge in [0.2, 0.25) is 5.82 Å². The molecule has 8 heteroatoms. The highest BCUT2D eigenvalue weighted by atomic mass is 32.1. The van der Waals surface area contributed by atoms with Crippen molar-refractivity contribution in [2.24, 2.45) is 0 Å². The minimum absolute atomic E-state index is 0.109. The summed E-state index contributed by atoms with van der Waals surface area (Å²) in [6, 6.07) is 9.30. The Morgan fingerprint density at radius 1 is 1.41 bits per heavy atom. The Hall–Kier alpha value is -2.45. The fraction of sp³-hybridized carbons (Fsp3) is 0.214. The molecule has 2 heterocycles. The predicted molar refractivity (Wildman–Crippen MR) is 84.4 cm³/mol. The maximum absolute atomic E-state index is 11.3. The molecular formula is C14H14N4O3S. The third kappa shape index (κ3) is 2.78. The lowest BCUT2D eigenvalue weighted by Gasteiger charge is -2.15. The van der Waals surface area contributed by atoms with Gasteiger partial charge in [0.1, 0.15) is 6.20 Å².